The van der Waals surface area contributed by atoms with Crippen LogP contribution < -0.4 is 11.1 Å². The van der Waals surface area contributed by atoms with Crippen molar-refractivity contribution in [3.8, 4) is 0 Å². The maximum absolute atomic E-state index is 11.8. The van der Waals surface area contributed by atoms with Crippen molar-refractivity contribution in [2.24, 2.45) is 5.73 Å². The molecule has 3 N–H and O–H groups in total. The number of unbranched alkanes of at least 4 members (excludes halogenated alkanes) is 2. The molecule has 2 rings (SSSR count). The quantitative estimate of drug-likeness (QED) is 0.410. The molecule has 0 atom stereocenters. The molecule has 2 aromatic rings. The SMILES string of the molecule is Cc1ccccc1CSc1nnc(NC(=O)CCCCCN)s1. The fourth-order valence-corrected chi connectivity index (χ4v) is 3.86. The molecular formula is C16H22N4OS2. The Morgan fingerprint density at radius 1 is 1.26 bits per heavy atom. The van der Waals surface area contributed by atoms with Crippen LogP contribution in [0.25, 0.3) is 0 Å². The van der Waals surface area contributed by atoms with Crippen molar-refractivity contribution in [2.45, 2.75) is 42.7 Å². The Balaban J connectivity index is 1.77. The number of carbonyl (C=O) groups excluding carboxylic acids is 1. The van der Waals surface area contributed by atoms with Gasteiger partial charge in [0.15, 0.2) is 4.34 Å². The van der Waals surface area contributed by atoms with Gasteiger partial charge in [-0.3, -0.25) is 4.79 Å². The van der Waals surface area contributed by atoms with Crippen LogP contribution in [0.15, 0.2) is 28.6 Å². The van der Waals surface area contributed by atoms with Gasteiger partial charge in [-0.25, -0.2) is 0 Å². The number of rotatable bonds is 9. The van der Waals surface area contributed by atoms with Crippen LogP contribution >= 0.6 is 23.1 Å². The molecule has 0 saturated heterocycles. The van der Waals surface area contributed by atoms with Crippen LogP contribution in [0, 0.1) is 6.92 Å². The van der Waals surface area contributed by atoms with Gasteiger partial charge in [0.1, 0.15) is 0 Å². The molecule has 124 valence electrons. The lowest BCUT2D eigenvalue weighted by Crippen LogP contribution is -2.11. The molecule has 0 spiro atoms. The van der Waals surface area contributed by atoms with Crippen LogP contribution in [-0.2, 0) is 10.5 Å². The Bertz CT molecular complexity index is 630. The summed E-state index contributed by atoms with van der Waals surface area (Å²) in [5.41, 5.74) is 8.00. The number of thioether (sulfide) groups is 1. The highest BCUT2D eigenvalue weighted by Gasteiger charge is 2.09. The van der Waals surface area contributed by atoms with E-state index < -0.39 is 0 Å². The van der Waals surface area contributed by atoms with Gasteiger partial charge in [0, 0.05) is 12.2 Å². The molecule has 0 aliphatic heterocycles. The van der Waals surface area contributed by atoms with Crippen molar-refractivity contribution in [2.75, 3.05) is 11.9 Å². The molecule has 1 aromatic heterocycles. The highest BCUT2D eigenvalue weighted by molar-refractivity contribution is 8.00. The van der Waals surface area contributed by atoms with Gasteiger partial charge in [-0.15, -0.1) is 10.2 Å². The Morgan fingerprint density at radius 2 is 2.09 bits per heavy atom. The summed E-state index contributed by atoms with van der Waals surface area (Å²) in [5, 5.41) is 11.5. The second kappa shape index (κ2) is 9.64. The average Bonchev–Trinajstić information content (AvgIpc) is 2.98. The molecule has 1 amide bonds. The maximum Gasteiger partial charge on any atom is 0.226 e. The lowest BCUT2D eigenvalue weighted by atomic mass is 10.1. The molecule has 0 radical (unpaired) electrons. The molecule has 0 fully saturated rings. The van der Waals surface area contributed by atoms with Crippen molar-refractivity contribution in [3.05, 3.63) is 35.4 Å². The number of aryl methyl sites for hydroxylation is 1. The second-order valence-corrected chi connectivity index (χ2v) is 7.44. The molecule has 5 nitrogen and oxygen atoms in total. The third-order valence-electron chi connectivity index (χ3n) is 3.37. The number of nitrogens with two attached hydrogens (primary N) is 1. The lowest BCUT2D eigenvalue weighted by Gasteiger charge is -2.02. The van der Waals surface area contributed by atoms with Crippen molar-refractivity contribution in [1.29, 1.82) is 0 Å². The Hall–Kier alpha value is -1.44. The minimum absolute atomic E-state index is 0.00590. The summed E-state index contributed by atoms with van der Waals surface area (Å²) in [4.78, 5) is 11.8. The molecule has 0 aliphatic rings. The highest BCUT2D eigenvalue weighted by atomic mass is 32.2. The minimum atomic E-state index is -0.00590. The van der Waals surface area contributed by atoms with E-state index in [4.69, 9.17) is 5.73 Å². The first-order valence-corrected chi connectivity index (χ1v) is 9.50. The summed E-state index contributed by atoms with van der Waals surface area (Å²) >= 11 is 3.06. The monoisotopic (exact) mass is 350 g/mol. The van der Waals surface area contributed by atoms with Crippen molar-refractivity contribution in [3.63, 3.8) is 0 Å². The van der Waals surface area contributed by atoms with Crippen LogP contribution in [0.2, 0.25) is 0 Å². The fourth-order valence-electron chi connectivity index (χ4n) is 2.02. The standard InChI is InChI=1S/C16H22N4OS2/c1-12-7-4-5-8-13(12)11-22-16-20-19-15(23-16)18-14(21)9-3-2-6-10-17/h4-5,7-8H,2-3,6,9-11,17H2,1H3,(H,18,19,21). The molecule has 1 heterocycles. The Morgan fingerprint density at radius 3 is 2.87 bits per heavy atom. The van der Waals surface area contributed by atoms with Gasteiger partial charge in [0.25, 0.3) is 0 Å². The third kappa shape index (κ3) is 6.29. The smallest absolute Gasteiger partial charge is 0.226 e. The summed E-state index contributed by atoms with van der Waals surface area (Å²) in [5.74, 6) is 0.850. The largest absolute Gasteiger partial charge is 0.330 e. The predicted molar refractivity (Wildman–Crippen MR) is 96.8 cm³/mol. The van der Waals surface area contributed by atoms with Crippen molar-refractivity contribution < 1.29 is 4.79 Å². The second-order valence-electron chi connectivity index (χ2n) is 5.24. The molecule has 0 bridgehead atoms. The molecule has 23 heavy (non-hydrogen) atoms. The van der Waals surface area contributed by atoms with Gasteiger partial charge in [0.2, 0.25) is 11.0 Å². The minimum Gasteiger partial charge on any atom is -0.330 e. The van der Waals surface area contributed by atoms with Gasteiger partial charge in [0.05, 0.1) is 0 Å². The van der Waals surface area contributed by atoms with Crippen LogP contribution in [0.4, 0.5) is 5.13 Å². The van der Waals surface area contributed by atoms with Crippen LogP contribution in [-0.4, -0.2) is 22.6 Å². The van der Waals surface area contributed by atoms with E-state index in [1.807, 2.05) is 12.1 Å². The highest BCUT2D eigenvalue weighted by Crippen LogP contribution is 2.29. The summed E-state index contributed by atoms with van der Waals surface area (Å²) in [7, 11) is 0. The average molecular weight is 351 g/mol. The van der Waals surface area contributed by atoms with Crippen LogP contribution in [0.1, 0.15) is 36.8 Å². The van der Waals surface area contributed by atoms with Gasteiger partial charge in [-0.1, -0.05) is 53.8 Å². The van der Waals surface area contributed by atoms with E-state index in [-0.39, 0.29) is 5.91 Å². The number of aromatic nitrogens is 2. The number of anilines is 1. The van der Waals surface area contributed by atoms with E-state index in [1.165, 1.54) is 22.5 Å². The van der Waals surface area contributed by atoms with Crippen LogP contribution in [0.5, 0.6) is 0 Å². The molecule has 7 heteroatoms. The Labute approximate surface area is 145 Å². The van der Waals surface area contributed by atoms with Gasteiger partial charge >= 0.3 is 0 Å². The zero-order valence-corrected chi connectivity index (χ0v) is 14.9. The fraction of sp³-hybridized carbons (Fsp3) is 0.438. The topological polar surface area (TPSA) is 80.9 Å². The zero-order chi connectivity index (χ0) is 16.5. The zero-order valence-electron chi connectivity index (χ0n) is 13.2. The van der Waals surface area contributed by atoms with Gasteiger partial charge in [-0.05, 0) is 37.4 Å². The first-order valence-electron chi connectivity index (χ1n) is 7.70. The van der Waals surface area contributed by atoms with Crippen LogP contribution in [0.3, 0.4) is 0 Å². The number of amides is 1. The van der Waals surface area contributed by atoms with E-state index in [2.05, 4.69) is 34.6 Å². The third-order valence-corrected chi connectivity index (χ3v) is 5.39. The van der Waals surface area contributed by atoms with Gasteiger partial charge < -0.3 is 11.1 Å². The number of hydrogen-bond donors (Lipinski definition) is 2. The maximum atomic E-state index is 11.8. The summed E-state index contributed by atoms with van der Waals surface area (Å²) in [6, 6.07) is 8.30. The number of benzene rings is 1. The number of nitrogens with one attached hydrogen (secondary N) is 1. The van der Waals surface area contributed by atoms with Crippen molar-refractivity contribution in [1.82, 2.24) is 10.2 Å². The number of hydrogen-bond acceptors (Lipinski definition) is 6. The summed E-state index contributed by atoms with van der Waals surface area (Å²) < 4.78 is 0.867. The molecule has 0 saturated carbocycles. The van der Waals surface area contributed by atoms with Crippen molar-refractivity contribution >= 4 is 34.1 Å². The van der Waals surface area contributed by atoms with E-state index in [9.17, 15) is 4.79 Å². The molecule has 0 aliphatic carbocycles. The first-order chi connectivity index (χ1) is 11.2. The molecule has 1 aromatic carbocycles. The first kappa shape index (κ1) is 17.9. The summed E-state index contributed by atoms with van der Waals surface area (Å²) in [6.07, 6.45) is 3.31. The van der Waals surface area contributed by atoms with E-state index in [0.29, 0.717) is 18.1 Å². The number of nitrogens with zero attached hydrogens (tertiary/aromatic N) is 2. The van der Waals surface area contributed by atoms with E-state index in [0.717, 1.165) is 29.4 Å². The lowest BCUT2D eigenvalue weighted by molar-refractivity contribution is -0.116. The Kier molecular flexibility index (Phi) is 7.51. The summed E-state index contributed by atoms with van der Waals surface area (Å²) in [6.45, 7) is 2.78. The number of carbonyl (C=O) groups is 1. The van der Waals surface area contributed by atoms with E-state index >= 15 is 0 Å². The van der Waals surface area contributed by atoms with Gasteiger partial charge in [-0.2, -0.15) is 0 Å². The predicted octanol–water partition coefficient (Wildman–Crippen LogP) is 3.60. The molecular weight excluding hydrogens is 328 g/mol. The van der Waals surface area contributed by atoms with E-state index in [1.54, 1.807) is 11.8 Å². The molecule has 0 unspecified atom stereocenters. The normalized spacial score (nSPS) is 10.7.